The Morgan fingerprint density at radius 3 is 1.97 bits per heavy atom. The molecule has 0 saturated heterocycles. The van der Waals surface area contributed by atoms with Crippen LogP contribution in [0.3, 0.4) is 0 Å². The Morgan fingerprint density at radius 1 is 0.600 bits per heavy atom. The Bertz CT molecular complexity index is 1750. The molecule has 6 aromatic rings. The second kappa shape index (κ2) is 7.68. The molecule has 0 spiro atoms. The molecule has 1 nitrogen and oxygen atoms in total. The van der Waals surface area contributed by atoms with Crippen LogP contribution in [-0.4, -0.2) is 0 Å². The van der Waals surface area contributed by atoms with E-state index in [2.05, 4.69) is 136 Å². The summed E-state index contributed by atoms with van der Waals surface area (Å²) in [5.41, 5.74) is 10.3. The van der Waals surface area contributed by atoms with Crippen molar-refractivity contribution in [3.63, 3.8) is 0 Å². The van der Waals surface area contributed by atoms with E-state index >= 15 is 0 Å². The van der Waals surface area contributed by atoms with Gasteiger partial charge in [-0.2, -0.15) is 0 Å². The number of halogens is 2. The van der Waals surface area contributed by atoms with E-state index in [1.807, 2.05) is 6.07 Å². The number of benzene rings is 5. The van der Waals surface area contributed by atoms with Crippen molar-refractivity contribution in [2.45, 2.75) is 12.3 Å². The molecule has 0 saturated carbocycles. The van der Waals surface area contributed by atoms with Gasteiger partial charge in [0.1, 0.15) is 11.2 Å². The molecule has 0 fully saturated rings. The monoisotopic (exact) mass is 578 g/mol. The van der Waals surface area contributed by atoms with Gasteiger partial charge in [-0.1, -0.05) is 98.6 Å². The molecule has 0 atom stereocenters. The Morgan fingerprint density at radius 2 is 1.26 bits per heavy atom. The summed E-state index contributed by atoms with van der Waals surface area (Å²) in [6.07, 6.45) is 0. The fourth-order valence-electron chi connectivity index (χ4n) is 6.08. The van der Waals surface area contributed by atoms with Crippen molar-refractivity contribution in [2.75, 3.05) is 0 Å². The molecule has 168 valence electrons. The fourth-order valence-corrected chi connectivity index (χ4v) is 6.88. The van der Waals surface area contributed by atoms with Gasteiger partial charge in [-0.25, -0.2) is 0 Å². The first-order chi connectivity index (χ1) is 17.1. The summed E-state index contributed by atoms with van der Waals surface area (Å²) in [5, 5.41) is 2.35. The lowest BCUT2D eigenvalue weighted by atomic mass is 9.67. The van der Waals surface area contributed by atoms with Crippen molar-refractivity contribution < 1.29 is 4.42 Å². The number of furan rings is 1. The first-order valence-electron chi connectivity index (χ1n) is 11.7. The zero-order valence-corrected chi connectivity index (χ0v) is 22.2. The van der Waals surface area contributed by atoms with E-state index in [0.29, 0.717) is 0 Å². The fraction of sp³-hybridized carbons (Fsp3) is 0.0625. The van der Waals surface area contributed by atoms with Gasteiger partial charge in [-0.15, -0.1) is 0 Å². The Labute approximate surface area is 220 Å². The van der Waals surface area contributed by atoms with Gasteiger partial charge in [0.05, 0.1) is 5.41 Å². The molecule has 35 heavy (non-hydrogen) atoms. The van der Waals surface area contributed by atoms with Gasteiger partial charge in [0.2, 0.25) is 0 Å². The van der Waals surface area contributed by atoms with Gasteiger partial charge in [-0.3, -0.25) is 0 Å². The highest BCUT2D eigenvalue weighted by molar-refractivity contribution is 9.10. The number of hydrogen-bond donors (Lipinski definition) is 0. The minimum absolute atomic E-state index is 0.461. The first kappa shape index (κ1) is 21.2. The molecule has 0 unspecified atom stereocenters. The number of fused-ring (bicyclic) bond motifs is 7. The number of aryl methyl sites for hydroxylation is 1. The van der Waals surface area contributed by atoms with Crippen molar-refractivity contribution in [1.29, 1.82) is 0 Å². The summed E-state index contributed by atoms with van der Waals surface area (Å²) in [7, 11) is 0. The maximum atomic E-state index is 6.34. The average molecular weight is 580 g/mol. The number of para-hydroxylation sites is 1. The highest BCUT2D eigenvalue weighted by Crippen LogP contribution is 2.59. The molecule has 0 N–H and O–H groups in total. The van der Waals surface area contributed by atoms with E-state index < -0.39 is 5.41 Å². The lowest BCUT2D eigenvalue weighted by Gasteiger charge is -2.34. The highest BCUT2D eigenvalue weighted by Gasteiger charge is 2.47. The van der Waals surface area contributed by atoms with E-state index in [0.717, 1.165) is 25.5 Å². The summed E-state index contributed by atoms with van der Waals surface area (Å²) in [6.45, 7) is 2.22. The maximum Gasteiger partial charge on any atom is 0.136 e. The summed E-state index contributed by atoms with van der Waals surface area (Å²) >= 11 is 7.51. The lowest BCUT2D eigenvalue weighted by Crippen LogP contribution is -2.28. The molecule has 1 heterocycles. The van der Waals surface area contributed by atoms with Crippen molar-refractivity contribution in [3.8, 4) is 11.1 Å². The van der Waals surface area contributed by atoms with Crippen LogP contribution in [0.15, 0.2) is 116 Å². The lowest BCUT2D eigenvalue weighted by molar-refractivity contribution is 0.668. The average Bonchev–Trinajstić information content (AvgIpc) is 3.38. The Kier molecular flexibility index (Phi) is 4.64. The van der Waals surface area contributed by atoms with Gasteiger partial charge in [-0.05, 0) is 82.3 Å². The third kappa shape index (κ3) is 2.86. The maximum absolute atomic E-state index is 6.34. The van der Waals surface area contributed by atoms with Crippen LogP contribution in [0.4, 0.5) is 0 Å². The van der Waals surface area contributed by atoms with Gasteiger partial charge in [0.15, 0.2) is 0 Å². The molecule has 1 aliphatic rings. The number of rotatable bonds is 2. The van der Waals surface area contributed by atoms with Crippen molar-refractivity contribution >= 4 is 53.8 Å². The van der Waals surface area contributed by atoms with Crippen LogP contribution < -0.4 is 0 Å². The number of hydrogen-bond acceptors (Lipinski definition) is 1. The van der Waals surface area contributed by atoms with E-state index in [9.17, 15) is 0 Å². The van der Waals surface area contributed by atoms with E-state index in [4.69, 9.17) is 4.42 Å². The molecule has 7 rings (SSSR count). The van der Waals surface area contributed by atoms with Gasteiger partial charge >= 0.3 is 0 Å². The van der Waals surface area contributed by atoms with Crippen LogP contribution in [0.1, 0.15) is 27.8 Å². The second-order valence-corrected chi connectivity index (χ2v) is 11.1. The SMILES string of the molecule is Cc1cccc2c1-c1c(ccc3oc4ccccc4c13)C2(c1cccc(Br)c1)c1cccc(Br)c1. The summed E-state index contributed by atoms with van der Waals surface area (Å²) in [5.74, 6) is 0. The molecule has 0 amide bonds. The quantitative estimate of drug-likeness (QED) is 0.199. The molecule has 1 aliphatic carbocycles. The molecular formula is C32H20Br2O. The third-order valence-corrected chi connectivity index (χ3v) is 8.38. The molecular weight excluding hydrogens is 560 g/mol. The second-order valence-electron chi connectivity index (χ2n) is 9.23. The predicted molar refractivity (Wildman–Crippen MR) is 151 cm³/mol. The van der Waals surface area contributed by atoms with E-state index in [1.54, 1.807) is 0 Å². The van der Waals surface area contributed by atoms with Gasteiger partial charge in [0.25, 0.3) is 0 Å². The van der Waals surface area contributed by atoms with Crippen LogP contribution in [0.5, 0.6) is 0 Å². The summed E-state index contributed by atoms with van der Waals surface area (Å²) < 4.78 is 8.48. The zero-order valence-electron chi connectivity index (χ0n) is 19.0. The molecule has 3 heteroatoms. The Balaban J connectivity index is 1.75. The predicted octanol–water partition coefficient (Wildman–Crippen LogP) is 9.78. The summed E-state index contributed by atoms with van der Waals surface area (Å²) in [4.78, 5) is 0. The Hall–Kier alpha value is -3.14. The minimum atomic E-state index is -0.461. The van der Waals surface area contributed by atoms with Crippen molar-refractivity contribution in [2.24, 2.45) is 0 Å². The molecule has 0 radical (unpaired) electrons. The standard InChI is InChI=1S/C32H20Br2O/c1-19-7-4-13-25-29(19)31-26(15-16-28-30(31)24-12-2-3-14-27(24)35-28)32(25,20-8-5-10-22(33)17-20)21-9-6-11-23(34)18-21/h2-18H,1H3. The summed E-state index contributed by atoms with van der Waals surface area (Å²) in [6, 6.07) is 37.0. The normalized spacial score (nSPS) is 13.8. The van der Waals surface area contributed by atoms with Crippen molar-refractivity contribution in [3.05, 3.63) is 140 Å². The highest BCUT2D eigenvalue weighted by atomic mass is 79.9. The van der Waals surface area contributed by atoms with Gasteiger partial charge < -0.3 is 4.42 Å². The van der Waals surface area contributed by atoms with Crippen molar-refractivity contribution in [1.82, 2.24) is 0 Å². The third-order valence-electron chi connectivity index (χ3n) is 7.39. The van der Waals surface area contributed by atoms with Gasteiger partial charge in [0, 0.05) is 19.7 Å². The molecule has 0 aliphatic heterocycles. The smallest absolute Gasteiger partial charge is 0.136 e. The van der Waals surface area contributed by atoms with Crippen LogP contribution in [-0.2, 0) is 5.41 Å². The first-order valence-corrected chi connectivity index (χ1v) is 13.2. The molecule has 5 aromatic carbocycles. The largest absolute Gasteiger partial charge is 0.456 e. The van der Waals surface area contributed by atoms with Crippen LogP contribution in [0.25, 0.3) is 33.1 Å². The van der Waals surface area contributed by atoms with Crippen LogP contribution in [0, 0.1) is 6.92 Å². The van der Waals surface area contributed by atoms with Crippen LogP contribution >= 0.6 is 31.9 Å². The molecule has 0 bridgehead atoms. The van der Waals surface area contributed by atoms with Crippen LogP contribution in [0.2, 0.25) is 0 Å². The molecule has 1 aromatic heterocycles. The topological polar surface area (TPSA) is 13.1 Å². The zero-order chi connectivity index (χ0) is 23.7. The van der Waals surface area contributed by atoms with E-state index in [1.165, 1.54) is 44.3 Å². The van der Waals surface area contributed by atoms with E-state index in [-0.39, 0.29) is 0 Å². The minimum Gasteiger partial charge on any atom is -0.456 e.